The number of sulfone groups is 1. The predicted molar refractivity (Wildman–Crippen MR) is 130 cm³/mol. The Morgan fingerprint density at radius 1 is 1.32 bits per heavy atom. The van der Waals surface area contributed by atoms with E-state index in [-0.39, 0.29) is 17.0 Å². The molecule has 4 rings (SSSR count). The number of rotatable bonds is 11. The summed E-state index contributed by atoms with van der Waals surface area (Å²) in [5.41, 5.74) is 1.25. The first-order chi connectivity index (χ1) is 16.4. The highest BCUT2D eigenvalue weighted by molar-refractivity contribution is 7.90. The van der Waals surface area contributed by atoms with Gasteiger partial charge in [-0.05, 0) is 55.6 Å². The summed E-state index contributed by atoms with van der Waals surface area (Å²) in [5.74, 6) is -0.667. The van der Waals surface area contributed by atoms with E-state index in [1.54, 1.807) is 17.9 Å². The zero-order valence-electron chi connectivity index (χ0n) is 19.3. The normalized spacial score (nSPS) is 18.2. The minimum Gasteiger partial charge on any atom is -0.383 e. The van der Waals surface area contributed by atoms with Gasteiger partial charge >= 0.3 is 0 Å². The van der Waals surface area contributed by atoms with E-state index in [1.165, 1.54) is 24.3 Å². The molecule has 2 heterocycles. The molecule has 0 radical (unpaired) electrons. The van der Waals surface area contributed by atoms with Crippen LogP contribution in [0.4, 0.5) is 4.39 Å². The lowest BCUT2D eigenvalue weighted by Gasteiger charge is -2.26. The Balaban J connectivity index is 1.60. The summed E-state index contributed by atoms with van der Waals surface area (Å²) < 4.78 is 52.8. The molecule has 34 heavy (non-hydrogen) atoms. The van der Waals surface area contributed by atoms with Crippen LogP contribution in [0.15, 0.2) is 35.6 Å². The molecule has 0 unspecified atom stereocenters. The lowest BCUT2D eigenvalue weighted by Crippen LogP contribution is -2.42. The average Bonchev–Trinajstić information content (AvgIpc) is 3.29. The summed E-state index contributed by atoms with van der Waals surface area (Å²) in [6.45, 7) is 2.52. The average molecular weight is 511 g/mol. The Labute approximate surface area is 205 Å². The van der Waals surface area contributed by atoms with Gasteiger partial charge in [-0.1, -0.05) is 12.1 Å². The zero-order valence-corrected chi connectivity index (χ0v) is 20.9. The predicted octanol–water partition coefficient (Wildman–Crippen LogP) is 2.66. The first-order valence-corrected chi connectivity index (χ1v) is 13.6. The lowest BCUT2D eigenvalue weighted by molar-refractivity contribution is 0.0935. The highest BCUT2D eigenvalue weighted by atomic mass is 32.2. The SMILES string of the molecule is COCCN(Cc1cnc(S(=O)(=O)Cc2ccc(F)cc2)n1C[C@@H]1CCCO1)C(=S)NC1CC1. The summed E-state index contributed by atoms with van der Waals surface area (Å²) in [4.78, 5) is 6.32. The maximum atomic E-state index is 13.4. The van der Waals surface area contributed by atoms with Gasteiger partial charge in [0.2, 0.25) is 15.0 Å². The smallest absolute Gasteiger partial charge is 0.228 e. The maximum Gasteiger partial charge on any atom is 0.228 e. The molecule has 1 atom stereocenters. The standard InChI is InChI=1S/C23H31FN4O4S2/c1-31-12-10-27(22(33)26-19-8-9-19)14-20-13-25-23(28(20)15-21-3-2-11-32-21)34(29,30)16-17-4-6-18(24)7-5-17/h4-7,13,19,21H,2-3,8-12,14-16H2,1H3,(H,26,33)/t21-/m0/s1. The van der Waals surface area contributed by atoms with Crippen molar-refractivity contribution in [3.05, 3.63) is 47.5 Å². The van der Waals surface area contributed by atoms with Crippen molar-refractivity contribution in [3.8, 4) is 0 Å². The van der Waals surface area contributed by atoms with Crippen LogP contribution in [-0.2, 0) is 38.2 Å². The van der Waals surface area contributed by atoms with Crippen molar-refractivity contribution in [1.82, 2.24) is 19.8 Å². The Hall–Kier alpha value is -2.08. The van der Waals surface area contributed by atoms with Crippen molar-refractivity contribution in [2.75, 3.05) is 26.9 Å². The number of halogens is 1. The molecule has 1 aromatic heterocycles. The lowest BCUT2D eigenvalue weighted by atomic mass is 10.2. The highest BCUT2D eigenvalue weighted by Crippen LogP contribution is 2.23. The molecule has 0 amide bonds. The van der Waals surface area contributed by atoms with E-state index in [2.05, 4.69) is 10.3 Å². The number of imidazole rings is 1. The molecule has 11 heteroatoms. The molecule has 1 aliphatic heterocycles. The molecule has 1 aliphatic carbocycles. The van der Waals surface area contributed by atoms with Gasteiger partial charge in [0, 0.05) is 26.3 Å². The van der Waals surface area contributed by atoms with Crippen molar-refractivity contribution in [2.24, 2.45) is 0 Å². The van der Waals surface area contributed by atoms with E-state index in [4.69, 9.17) is 21.7 Å². The minimum absolute atomic E-state index is 0.00455. The number of methoxy groups -OCH3 is 1. The van der Waals surface area contributed by atoms with Crippen molar-refractivity contribution >= 4 is 27.2 Å². The molecule has 1 aromatic carbocycles. The molecule has 0 bridgehead atoms. The van der Waals surface area contributed by atoms with Crippen LogP contribution in [-0.4, -0.2) is 67.0 Å². The van der Waals surface area contributed by atoms with Gasteiger partial charge in [0.1, 0.15) is 5.82 Å². The molecule has 2 aliphatic rings. The molecule has 2 aromatic rings. The van der Waals surface area contributed by atoms with Crippen LogP contribution in [0.5, 0.6) is 0 Å². The van der Waals surface area contributed by atoms with Crippen molar-refractivity contribution in [1.29, 1.82) is 0 Å². The number of ether oxygens (including phenoxy) is 2. The monoisotopic (exact) mass is 510 g/mol. The molecule has 1 saturated carbocycles. The van der Waals surface area contributed by atoms with Gasteiger partial charge in [-0.15, -0.1) is 0 Å². The quantitative estimate of drug-likeness (QED) is 0.462. The second-order valence-corrected chi connectivity index (χ2v) is 11.1. The number of aromatic nitrogens is 2. The molecule has 2 fully saturated rings. The van der Waals surface area contributed by atoms with Crippen molar-refractivity contribution in [3.63, 3.8) is 0 Å². The molecule has 0 spiro atoms. The number of hydrogen-bond donors (Lipinski definition) is 1. The van der Waals surface area contributed by atoms with Crippen LogP contribution >= 0.6 is 12.2 Å². The molecular formula is C23H31FN4O4S2. The van der Waals surface area contributed by atoms with E-state index in [1.807, 2.05) is 4.90 Å². The van der Waals surface area contributed by atoms with Crippen LogP contribution in [0.25, 0.3) is 0 Å². The molecule has 8 nitrogen and oxygen atoms in total. The molecule has 1 saturated heterocycles. The van der Waals surface area contributed by atoms with Crippen LogP contribution in [0.2, 0.25) is 0 Å². The summed E-state index contributed by atoms with van der Waals surface area (Å²) in [6.07, 6.45) is 5.54. The third-order valence-corrected chi connectivity index (χ3v) is 7.94. The number of hydrogen-bond acceptors (Lipinski definition) is 6. The van der Waals surface area contributed by atoms with Gasteiger partial charge in [0.15, 0.2) is 5.11 Å². The Morgan fingerprint density at radius 2 is 2.09 bits per heavy atom. The number of thiocarbonyl (C=S) groups is 1. The van der Waals surface area contributed by atoms with Gasteiger partial charge in [-0.25, -0.2) is 17.8 Å². The van der Waals surface area contributed by atoms with Crippen LogP contribution in [0, 0.1) is 5.82 Å². The van der Waals surface area contributed by atoms with E-state index < -0.39 is 15.7 Å². The van der Waals surface area contributed by atoms with Gasteiger partial charge < -0.3 is 24.3 Å². The summed E-state index contributed by atoms with van der Waals surface area (Å²) in [5, 5.41) is 3.97. The molecule has 1 N–H and O–H groups in total. The topological polar surface area (TPSA) is 85.7 Å². The number of nitrogens with one attached hydrogen (secondary N) is 1. The van der Waals surface area contributed by atoms with E-state index >= 15 is 0 Å². The first kappa shape index (κ1) is 25.0. The fourth-order valence-corrected chi connectivity index (χ4v) is 5.79. The van der Waals surface area contributed by atoms with Crippen molar-refractivity contribution < 1.29 is 22.3 Å². The third-order valence-electron chi connectivity index (χ3n) is 5.97. The summed E-state index contributed by atoms with van der Waals surface area (Å²) >= 11 is 5.62. The summed E-state index contributed by atoms with van der Waals surface area (Å²) in [6, 6.07) is 5.89. The van der Waals surface area contributed by atoms with E-state index in [9.17, 15) is 12.8 Å². The van der Waals surface area contributed by atoms with E-state index in [0.717, 1.165) is 31.4 Å². The van der Waals surface area contributed by atoms with Crippen LogP contribution in [0.3, 0.4) is 0 Å². The maximum absolute atomic E-state index is 13.4. The van der Waals surface area contributed by atoms with E-state index in [0.29, 0.717) is 49.6 Å². The number of nitrogens with zero attached hydrogens (tertiary/aromatic N) is 3. The fraction of sp³-hybridized carbons (Fsp3) is 0.565. The minimum atomic E-state index is -3.78. The molecular weight excluding hydrogens is 479 g/mol. The van der Waals surface area contributed by atoms with Gasteiger partial charge in [0.25, 0.3) is 0 Å². The Kier molecular flexibility index (Phi) is 8.18. The van der Waals surface area contributed by atoms with Crippen LogP contribution < -0.4 is 5.32 Å². The largest absolute Gasteiger partial charge is 0.383 e. The second kappa shape index (κ2) is 11.1. The fourth-order valence-electron chi connectivity index (χ4n) is 3.96. The molecule has 186 valence electrons. The zero-order chi connectivity index (χ0) is 24.1. The first-order valence-electron chi connectivity index (χ1n) is 11.5. The third kappa shape index (κ3) is 6.53. The van der Waals surface area contributed by atoms with Crippen LogP contribution in [0.1, 0.15) is 36.9 Å². The Bertz CT molecular complexity index is 1080. The van der Waals surface area contributed by atoms with Gasteiger partial charge in [-0.2, -0.15) is 0 Å². The van der Waals surface area contributed by atoms with Gasteiger partial charge in [0.05, 0.1) is 43.4 Å². The second-order valence-electron chi connectivity index (χ2n) is 8.80. The van der Waals surface area contributed by atoms with Crippen molar-refractivity contribution in [2.45, 2.75) is 61.8 Å². The number of benzene rings is 1. The Morgan fingerprint density at radius 3 is 2.74 bits per heavy atom. The highest BCUT2D eigenvalue weighted by Gasteiger charge is 2.29. The van der Waals surface area contributed by atoms with Gasteiger partial charge in [-0.3, -0.25) is 0 Å². The summed E-state index contributed by atoms with van der Waals surface area (Å²) in [7, 11) is -2.14.